The van der Waals surface area contributed by atoms with Gasteiger partial charge in [-0.15, -0.1) is 0 Å². The van der Waals surface area contributed by atoms with E-state index in [9.17, 15) is 27.6 Å². The van der Waals surface area contributed by atoms with Crippen molar-refractivity contribution in [1.29, 1.82) is 0 Å². The van der Waals surface area contributed by atoms with Gasteiger partial charge < -0.3 is 10.2 Å². The van der Waals surface area contributed by atoms with E-state index in [1.165, 1.54) is 41.6 Å². The van der Waals surface area contributed by atoms with Crippen LogP contribution in [0.1, 0.15) is 28.8 Å². The average Bonchev–Trinajstić information content (AvgIpc) is 3.62. The second-order valence-corrected chi connectivity index (χ2v) is 10.2. The zero-order valence-corrected chi connectivity index (χ0v) is 20.5. The highest BCUT2D eigenvalue weighted by atomic mass is 35.5. The van der Waals surface area contributed by atoms with Crippen molar-refractivity contribution in [2.45, 2.75) is 35.3 Å². The van der Waals surface area contributed by atoms with Gasteiger partial charge in [0.2, 0.25) is 0 Å². The number of rotatable bonds is 6. The lowest BCUT2D eigenvalue weighted by Gasteiger charge is -2.22. The number of hydrogen-bond acceptors (Lipinski definition) is 5. The molecule has 2 heterocycles. The topological polar surface area (TPSA) is 82.6 Å². The van der Waals surface area contributed by atoms with E-state index in [1.54, 1.807) is 30.3 Å². The predicted molar refractivity (Wildman–Crippen MR) is 132 cm³/mol. The van der Waals surface area contributed by atoms with Crippen molar-refractivity contribution in [2.75, 3.05) is 10.2 Å². The van der Waals surface area contributed by atoms with Crippen molar-refractivity contribution in [3.8, 4) is 0 Å². The standard InChI is InChI=1S/C25H18ClF3N4O3S/c26-17-3-1-15(2-4-17)21(34)31-20-13-30-12-9-16(20)14-32-23(36)33(22(35)24(32)10-11-24)18-5-7-19(8-6-18)37-25(27,28)29/h1-9,12-13H,10-11,14H2,(H,31,34). The Morgan fingerprint density at radius 1 is 1.05 bits per heavy atom. The van der Waals surface area contributed by atoms with Gasteiger partial charge in [-0.2, -0.15) is 13.2 Å². The number of nitrogens with zero attached hydrogens (tertiary/aromatic N) is 3. The Kier molecular flexibility index (Phi) is 6.36. The molecule has 3 aromatic rings. The van der Waals surface area contributed by atoms with Crippen molar-refractivity contribution in [2.24, 2.45) is 0 Å². The van der Waals surface area contributed by atoms with Crippen LogP contribution in [0, 0.1) is 0 Å². The normalized spacial score (nSPS) is 16.4. The fraction of sp³-hybridized carbons (Fsp3) is 0.200. The maximum absolute atomic E-state index is 13.4. The van der Waals surface area contributed by atoms with Crippen LogP contribution in [0.5, 0.6) is 0 Å². The molecule has 1 aliphatic carbocycles. The van der Waals surface area contributed by atoms with Gasteiger partial charge in [-0.1, -0.05) is 11.6 Å². The van der Waals surface area contributed by atoms with Crippen LogP contribution in [-0.2, 0) is 11.3 Å². The maximum Gasteiger partial charge on any atom is 0.446 e. The molecule has 2 aromatic carbocycles. The zero-order valence-electron chi connectivity index (χ0n) is 19.0. The highest BCUT2D eigenvalue weighted by Crippen LogP contribution is 2.50. The number of benzene rings is 2. The molecule has 1 aromatic heterocycles. The van der Waals surface area contributed by atoms with Gasteiger partial charge in [0.1, 0.15) is 5.54 Å². The summed E-state index contributed by atoms with van der Waals surface area (Å²) in [6.07, 6.45) is 3.91. The van der Waals surface area contributed by atoms with E-state index in [1.807, 2.05) is 0 Å². The third kappa shape index (κ3) is 5.01. The van der Waals surface area contributed by atoms with Crippen LogP contribution in [0.3, 0.4) is 0 Å². The molecule has 2 fully saturated rings. The number of imide groups is 1. The largest absolute Gasteiger partial charge is 0.446 e. The fourth-order valence-electron chi connectivity index (χ4n) is 4.20. The molecular weight excluding hydrogens is 529 g/mol. The number of urea groups is 1. The Bertz CT molecular complexity index is 1380. The molecule has 5 rings (SSSR count). The Morgan fingerprint density at radius 2 is 1.73 bits per heavy atom. The van der Waals surface area contributed by atoms with E-state index in [0.717, 1.165) is 4.90 Å². The van der Waals surface area contributed by atoms with Crippen LogP contribution in [0.4, 0.5) is 29.3 Å². The number of halogens is 4. The molecule has 12 heteroatoms. The summed E-state index contributed by atoms with van der Waals surface area (Å²) in [5.41, 5.74) is -3.93. The van der Waals surface area contributed by atoms with Crippen molar-refractivity contribution in [3.05, 3.63) is 83.1 Å². The number of carbonyl (C=O) groups is 3. The number of carbonyl (C=O) groups excluding carboxylic acids is 3. The second kappa shape index (κ2) is 9.38. The minimum atomic E-state index is -4.44. The van der Waals surface area contributed by atoms with E-state index in [2.05, 4.69) is 10.3 Å². The molecule has 4 amide bonds. The van der Waals surface area contributed by atoms with Gasteiger partial charge in [-0.05, 0) is 84.8 Å². The first-order valence-electron chi connectivity index (χ1n) is 11.1. The smallest absolute Gasteiger partial charge is 0.320 e. The first-order chi connectivity index (χ1) is 17.6. The van der Waals surface area contributed by atoms with Crippen LogP contribution in [0.25, 0.3) is 0 Å². The summed E-state index contributed by atoms with van der Waals surface area (Å²) in [6, 6.07) is 12.5. The monoisotopic (exact) mass is 546 g/mol. The van der Waals surface area contributed by atoms with E-state index >= 15 is 0 Å². The summed E-state index contributed by atoms with van der Waals surface area (Å²) in [7, 11) is 0. The zero-order chi connectivity index (χ0) is 26.4. The fourth-order valence-corrected chi connectivity index (χ4v) is 4.87. The van der Waals surface area contributed by atoms with Crippen LogP contribution in [-0.4, -0.2) is 38.8 Å². The summed E-state index contributed by atoms with van der Waals surface area (Å²) in [6.45, 7) is 0.0296. The quantitative estimate of drug-likeness (QED) is 0.298. The lowest BCUT2D eigenvalue weighted by Crippen LogP contribution is -2.36. The van der Waals surface area contributed by atoms with E-state index in [-0.39, 0.29) is 28.9 Å². The van der Waals surface area contributed by atoms with Crippen molar-refractivity contribution >= 4 is 52.6 Å². The first-order valence-corrected chi connectivity index (χ1v) is 12.3. The lowest BCUT2D eigenvalue weighted by molar-refractivity contribution is -0.120. The average molecular weight is 547 g/mol. The van der Waals surface area contributed by atoms with Gasteiger partial charge in [0.15, 0.2) is 0 Å². The Balaban J connectivity index is 1.37. The molecule has 1 aliphatic heterocycles. The third-order valence-electron chi connectivity index (χ3n) is 6.19. The minimum absolute atomic E-state index is 0.0296. The predicted octanol–water partition coefficient (Wildman–Crippen LogP) is 6.10. The molecule has 0 unspecified atom stereocenters. The number of nitrogens with one attached hydrogen (secondary N) is 1. The van der Waals surface area contributed by atoms with Crippen molar-refractivity contribution in [3.63, 3.8) is 0 Å². The number of anilines is 2. The molecule has 37 heavy (non-hydrogen) atoms. The molecule has 1 saturated carbocycles. The summed E-state index contributed by atoms with van der Waals surface area (Å²) in [5, 5.41) is 3.28. The first kappa shape index (κ1) is 25.1. The summed E-state index contributed by atoms with van der Waals surface area (Å²) in [4.78, 5) is 45.9. The number of alkyl halides is 3. The third-order valence-corrected chi connectivity index (χ3v) is 7.18. The van der Waals surface area contributed by atoms with Crippen LogP contribution in [0.2, 0.25) is 5.02 Å². The van der Waals surface area contributed by atoms with Gasteiger partial charge >= 0.3 is 11.5 Å². The van der Waals surface area contributed by atoms with E-state index in [0.29, 0.717) is 34.7 Å². The van der Waals surface area contributed by atoms with Gasteiger partial charge in [-0.25, -0.2) is 9.69 Å². The molecule has 1 saturated heterocycles. The Morgan fingerprint density at radius 3 is 2.35 bits per heavy atom. The molecular formula is C25H18ClF3N4O3S. The molecule has 0 radical (unpaired) electrons. The highest BCUT2D eigenvalue weighted by molar-refractivity contribution is 8.00. The van der Waals surface area contributed by atoms with Crippen molar-refractivity contribution < 1.29 is 27.6 Å². The molecule has 1 spiro atoms. The summed E-state index contributed by atoms with van der Waals surface area (Å²) >= 11 is 5.62. The molecule has 2 aliphatic rings. The number of aromatic nitrogens is 1. The molecule has 0 atom stereocenters. The summed E-state index contributed by atoms with van der Waals surface area (Å²) in [5.74, 6) is -0.816. The van der Waals surface area contributed by atoms with Gasteiger partial charge in [-0.3, -0.25) is 14.6 Å². The van der Waals surface area contributed by atoms with Crippen molar-refractivity contribution in [1.82, 2.24) is 9.88 Å². The minimum Gasteiger partial charge on any atom is -0.320 e. The highest BCUT2D eigenvalue weighted by Gasteiger charge is 2.65. The van der Waals surface area contributed by atoms with Gasteiger partial charge in [0.05, 0.1) is 24.1 Å². The molecule has 0 bridgehead atoms. The van der Waals surface area contributed by atoms with Crippen LogP contribution < -0.4 is 10.2 Å². The van der Waals surface area contributed by atoms with Gasteiger partial charge in [0.25, 0.3) is 11.8 Å². The summed E-state index contributed by atoms with van der Waals surface area (Å²) < 4.78 is 38.0. The number of pyridine rings is 1. The maximum atomic E-state index is 13.4. The Hall–Kier alpha value is -3.57. The molecule has 7 nitrogen and oxygen atoms in total. The number of hydrogen-bond donors (Lipinski definition) is 1. The SMILES string of the molecule is O=C(Nc1cnccc1CN1C(=O)N(c2ccc(SC(F)(F)F)cc2)C(=O)C12CC2)c1ccc(Cl)cc1. The van der Waals surface area contributed by atoms with Crippen LogP contribution in [0.15, 0.2) is 71.9 Å². The van der Waals surface area contributed by atoms with Gasteiger partial charge in [0, 0.05) is 21.7 Å². The number of thioether (sulfide) groups is 1. The molecule has 1 N–H and O–H groups in total. The second-order valence-electron chi connectivity index (χ2n) is 8.58. The Labute approximate surface area is 218 Å². The molecule has 190 valence electrons. The van der Waals surface area contributed by atoms with E-state index in [4.69, 9.17) is 11.6 Å². The number of amides is 4. The van der Waals surface area contributed by atoms with E-state index < -0.39 is 28.9 Å². The lowest BCUT2D eigenvalue weighted by atomic mass is 10.1. The van der Waals surface area contributed by atoms with Crippen LogP contribution >= 0.6 is 23.4 Å².